The molecule has 0 radical (unpaired) electrons. The van der Waals surface area contributed by atoms with Crippen LogP contribution in [0.25, 0.3) is 0 Å². The minimum absolute atomic E-state index is 0.713. The Morgan fingerprint density at radius 3 is 1.36 bits per heavy atom. The molecule has 0 amide bonds. The van der Waals surface area contributed by atoms with E-state index in [2.05, 4.69) is 51.9 Å². The summed E-state index contributed by atoms with van der Waals surface area (Å²) in [5.74, 6) is 0. The van der Waals surface area contributed by atoms with Crippen LogP contribution in [-0.4, -0.2) is 0 Å². The molecule has 0 unspecified atom stereocenters. The standard InChI is InChI=1S/C5H5.5CH3.Rh/c1-2-4-5-3-1;;;;;;/h1-5H;5*1H3;. The first-order valence-corrected chi connectivity index (χ1v) is 12.7. The first-order chi connectivity index (χ1) is 4.59. The maximum absolute atomic E-state index is 2.47. The summed E-state index contributed by atoms with van der Waals surface area (Å²) in [5.41, 5.74) is 12.4. The van der Waals surface area contributed by atoms with Crippen LogP contribution < -0.4 is 0 Å². The molecule has 0 saturated heterocycles. The van der Waals surface area contributed by atoms with E-state index in [9.17, 15) is 0 Å². The zero-order chi connectivity index (χ0) is 8.81. The zero-order valence-corrected chi connectivity index (χ0v) is 9.86. The summed E-state index contributed by atoms with van der Waals surface area (Å²) in [6.45, 7) is 0. The number of hydrogen-bond donors (Lipinski definition) is 0. The molecule has 0 N–H and O–H groups in total. The zero-order valence-electron chi connectivity index (χ0n) is 8.22. The third-order valence-corrected chi connectivity index (χ3v) is 7.89. The third-order valence-electron chi connectivity index (χ3n) is 1.79. The normalized spacial score (nSPS) is 25.2. The van der Waals surface area contributed by atoms with Gasteiger partial charge in [-0.15, -0.1) is 0 Å². The molecule has 0 aliphatic heterocycles. The Morgan fingerprint density at radius 1 is 0.818 bits per heavy atom. The van der Waals surface area contributed by atoms with Gasteiger partial charge in [-0.1, -0.05) is 0 Å². The van der Waals surface area contributed by atoms with Gasteiger partial charge in [0, 0.05) is 0 Å². The molecule has 0 heterocycles. The van der Waals surface area contributed by atoms with Crippen molar-refractivity contribution in [1.82, 2.24) is 0 Å². The van der Waals surface area contributed by atoms with Crippen LogP contribution in [0.15, 0.2) is 24.3 Å². The summed E-state index contributed by atoms with van der Waals surface area (Å²) in [6.07, 6.45) is 9.03. The Balaban J connectivity index is 3.09. The van der Waals surface area contributed by atoms with E-state index in [1.807, 2.05) is 0 Å². The van der Waals surface area contributed by atoms with Gasteiger partial charge in [-0.2, -0.15) is 0 Å². The molecular formula is C10H20Rh. The van der Waals surface area contributed by atoms with E-state index < -0.39 is 12.4 Å². The van der Waals surface area contributed by atoms with Crippen LogP contribution >= 0.6 is 0 Å². The molecule has 0 spiro atoms. The minimum atomic E-state index is -2.37. The molecule has 0 aromatic carbocycles. The second kappa shape index (κ2) is 1.71. The predicted molar refractivity (Wildman–Crippen MR) is 51.4 cm³/mol. The fourth-order valence-electron chi connectivity index (χ4n) is 1.04. The molecule has 69 valence electrons. The van der Waals surface area contributed by atoms with Gasteiger partial charge in [0.2, 0.25) is 0 Å². The van der Waals surface area contributed by atoms with Crippen LogP contribution in [0.4, 0.5) is 0 Å². The fourth-order valence-corrected chi connectivity index (χ4v) is 4.55. The summed E-state index contributed by atoms with van der Waals surface area (Å²) < 4.78 is 0.713. The van der Waals surface area contributed by atoms with Gasteiger partial charge in [-0.05, 0) is 0 Å². The van der Waals surface area contributed by atoms with Crippen molar-refractivity contribution in [3.63, 3.8) is 0 Å². The monoisotopic (exact) mass is 243 g/mol. The first-order valence-electron chi connectivity index (χ1n) is 3.53. The van der Waals surface area contributed by atoms with Gasteiger partial charge in [0.25, 0.3) is 0 Å². The van der Waals surface area contributed by atoms with Crippen molar-refractivity contribution in [3.05, 3.63) is 24.3 Å². The van der Waals surface area contributed by atoms with E-state index in [0.717, 1.165) is 0 Å². The molecule has 0 atom stereocenters. The molecule has 0 nitrogen and oxygen atoms in total. The average Bonchev–Trinajstić information content (AvgIpc) is 2.01. The van der Waals surface area contributed by atoms with Crippen LogP contribution in [0, 0.1) is 0 Å². The Hall–Kier alpha value is 0.103. The average molecular weight is 243 g/mol. The molecular weight excluding hydrogens is 223 g/mol. The topological polar surface area (TPSA) is 0 Å². The van der Waals surface area contributed by atoms with E-state index >= 15 is 0 Å². The van der Waals surface area contributed by atoms with Crippen LogP contribution in [-0.2, 0) is 12.4 Å². The Labute approximate surface area is 69.0 Å². The maximum atomic E-state index is 2.47. The van der Waals surface area contributed by atoms with Crippen molar-refractivity contribution in [2.45, 2.75) is 32.1 Å². The van der Waals surface area contributed by atoms with Crippen LogP contribution in [0.3, 0.4) is 0 Å². The second-order valence-electron chi connectivity index (χ2n) is 5.48. The molecule has 1 aliphatic carbocycles. The van der Waals surface area contributed by atoms with Crippen LogP contribution in [0.1, 0.15) is 0 Å². The van der Waals surface area contributed by atoms with E-state index in [0.29, 0.717) is 4.51 Å². The molecule has 0 fully saturated rings. The van der Waals surface area contributed by atoms with Gasteiger partial charge in [0.05, 0.1) is 0 Å². The summed E-state index contributed by atoms with van der Waals surface area (Å²) in [6, 6.07) is 0. The molecule has 0 aromatic heterocycles. The van der Waals surface area contributed by atoms with E-state index in [1.165, 1.54) is 0 Å². The summed E-state index contributed by atoms with van der Waals surface area (Å²) >= 11 is -2.37. The molecule has 0 saturated carbocycles. The summed E-state index contributed by atoms with van der Waals surface area (Å²) in [5, 5.41) is 0. The first kappa shape index (κ1) is 9.19. The molecule has 1 aliphatic rings. The van der Waals surface area contributed by atoms with Crippen LogP contribution in [0.5, 0.6) is 0 Å². The van der Waals surface area contributed by atoms with Gasteiger partial charge < -0.3 is 0 Å². The number of hydrogen-bond acceptors (Lipinski definition) is 0. The van der Waals surface area contributed by atoms with Crippen LogP contribution in [0.2, 0.25) is 32.1 Å². The molecule has 11 heavy (non-hydrogen) atoms. The number of allylic oxidation sites excluding steroid dienone is 4. The van der Waals surface area contributed by atoms with E-state index in [-0.39, 0.29) is 0 Å². The van der Waals surface area contributed by atoms with Crippen molar-refractivity contribution in [1.29, 1.82) is 0 Å². The second-order valence-corrected chi connectivity index (χ2v) is 27.7. The Morgan fingerprint density at radius 2 is 1.18 bits per heavy atom. The Kier molecular flexibility index (Phi) is 1.43. The van der Waals surface area contributed by atoms with Gasteiger partial charge in [-0.3, -0.25) is 0 Å². The SMILES string of the molecule is [CH3][Rh]([CH3])([CH3])([CH3])([CH3])[CH]1C=CC=C1. The van der Waals surface area contributed by atoms with Gasteiger partial charge in [0.1, 0.15) is 0 Å². The van der Waals surface area contributed by atoms with Crippen molar-refractivity contribution in [2.75, 3.05) is 0 Å². The van der Waals surface area contributed by atoms with Crippen molar-refractivity contribution < 1.29 is 12.4 Å². The number of rotatable bonds is 1. The quantitative estimate of drug-likeness (QED) is 0.600. The van der Waals surface area contributed by atoms with Crippen molar-refractivity contribution in [3.8, 4) is 0 Å². The third kappa shape index (κ3) is 2.27. The molecule has 1 heteroatoms. The Bertz CT molecular complexity index is 209. The summed E-state index contributed by atoms with van der Waals surface area (Å²) in [4.78, 5) is 0. The molecule has 0 aromatic rings. The fraction of sp³-hybridized carbons (Fsp3) is 0.600. The van der Waals surface area contributed by atoms with E-state index in [1.54, 1.807) is 0 Å². The molecule has 1 rings (SSSR count). The van der Waals surface area contributed by atoms with Gasteiger partial charge >= 0.3 is 68.8 Å². The van der Waals surface area contributed by atoms with E-state index in [4.69, 9.17) is 0 Å². The van der Waals surface area contributed by atoms with Gasteiger partial charge in [0.15, 0.2) is 0 Å². The molecule has 0 bridgehead atoms. The predicted octanol–water partition coefficient (Wildman–Crippen LogP) is 4.37. The van der Waals surface area contributed by atoms with Crippen molar-refractivity contribution >= 4 is 0 Å². The summed E-state index contributed by atoms with van der Waals surface area (Å²) in [7, 11) is 0. The van der Waals surface area contributed by atoms with Gasteiger partial charge in [-0.25, -0.2) is 0 Å². The van der Waals surface area contributed by atoms with Crippen molar-refractivity contribution in [2.24, 2.45) is 0 Å².